The Labute approximate surface area is 139 Å². The Balaban J connectivity index is 2.26. The van der Waals surface area contributed by atoms with Gasteiger partial charge in [-0.1, -0.05) is 13.0 Å². The topological polar surface area (TPSA) is 17.8 Å². The van der Waals surface area contributed by atoms with Gasteiger partial charge in [0.2, 0.25) is 0 Å². The minimum absolute atomic E-state index is 0.168. The maximum atomic E-state index is 13.7. The molecular formula is C15H13BrClFN2S. The molecule has 2 aromatic heterocycles. The Bertz CT molecular complexity index is 770. The summed E-state index contributed by atoms with van der Waals surface area (Å²) in [6.07, 6.45) is 0.921. The monoisotopic (exact) mass is 386 g/mol. The highest BCUT2D eigenvalue weighted by Crippen LogP contribution is 2.33. The molecular weight excluding hydrogens is 375 g/mol. The van der Waals surface area contributed by atoms with E-state index in [4.69, 9.17) is 11.6 Å². The smallest absolute Gasteiger partial charge is 0.139 e. The van der Waals surface area contributed by atoms with E-state index in [1.54, 1.807) is 17.4 Å². The van der Waals surface area contributed by atoms with Crippen LogP contribution in [0.4, 0.5) is 4.39 Å². The van der Waals surface area contributed by atoms with E-state index in [2.05, 4.69) is 43.9 Å². The molecule has 0 spiro atoms. The molecule has 0 aliphatic carbocycles. The molecule has 0 aliphatic rings. The maximum absolute atomic E-state index is 13.7. The Morgan fingerprint density at radius 3 is 2.90 bits per heavy atom. The van der Waals surface area contributed by atoms with Crippen LogP contribution in [0.2, 0.25) is 0 Å². The molecule has 1 unspecified atom stereocenters. The molecule has 3 aromatic rings. The van der Waals surface area contributed by atoms with Gasteiger partial charge < -0.3 is 4.57 Å². The van der Waals surface area contributed by atoms with E-state index in [0.29, 0.717) is 15.9 Å². The van der Waals surface area contributed by atoms with Crippen LogP contribution in [0.1, 0.15) is 30.1 Å². The minimum Gasteiger partial charge on any atom is -0.318 e. The number of hydrogen-bond donors (Lipinski definition) is 0. The van der Waals surface area contributed by atoms with E-state index in [1.807, 2.05) is 6.07 Å². The fourth-order valence-electron chi connectivity index (χ4n) is 2.57. The van der Waals surface area contributed by atoms with Crippen LogP contribution in [0.3, 0.4) is 0 Å². The predicted octanol–water partition coefficient (Wildman–Crippen LogP) is 5.74. The number of imidazole rings is 1. The summed E-state index contributed by atoms with van der Waals surface area (Å²) in [5, 5.41) is 2.06. The summed E-state index contributed by atoms with van der Waals surface area (Å²) in [7, 11) is 0. The number of rotatable bonds is 4. The second kappa shape index (κ2) is 6.07. The third kappa shape index (κ3) is 2.62. The van der Waals surface area contributed by atoms with Gasteiger partial charge in [-0.25, -0.2) is 9.37 Å². The molecule has 1 aromatic carbocycles. The van der Waals surface area contributed by atoms with E-state index in [0.717, 1.165) is 17.8 Å². The van der Waals surface area contributed by atoms with Crippen LogP contribution in [0.15, 0.2) is 34.1 Å². The van der Waals surface area contributed by atoms with Gasteiger partial charge in [0.1, 0.15) is 11.6 Å². The van der Waals surface area contributed by atoms with E-state index >= 15 is 0 Å². The zero-order valence-corrected chi connectivity index (χ0v) is 14.5. The van der Waals surface area contributed by atoms with Gasteiger partial charge in [0.05, 0.1) is 27.4 Å². The number of alkyl halides is 1. The van der Waals surface area contributed by atoms with Crippen LogP contribution >= 0.6 is 38.9 Å². The normalized spacial score (nSPS) is 13.0. The molecule has 3 rings (SSSR count). The Kier molecular flexibility index (Phi) is 4.33. The highest BCUT2D eigenvalue weighted by molar-refractivity contribution is 9.10. The van der Waals surface area contributed by atoms with Gasteiger partial charge in [-0.05, 0) is 39.9 Å². The lowest BCUT2D eigenvalue weighted by Gasteiger charge is -2.19. The average Bonchev–Trinajstić information content (AvgIpc) is 3.10. The van der Waals surface area contributed by atoms with Gasteiger partial charge in [0, 0.05) is 10.9 Å². The van der Waals surface area contributed by atoms with Crippen LogP contribution in [-0.4, -0.2) is 9.55 Å². The SMILES string of the molecule is CCC(c1cccs1)n1c(CCl)nc2cc(F)c(Br)cc21. The summed E-state index contributed by atoms with van der Waals surface area (Å²) in [5.41, 5.74) is 1.54. The van der Waals surface area contributed by atoms with Crippen molar-refractivity contribution in [1.29, 1.82) is 0 Å². The number of benzene rings is 1. The highest BCUT2D eigenvalue weighted by atomic mass is 79.9. The van der Waals surface area contributed by atoms with Crippen molar-refractivity contribution in [2.45, 2.75) is 25.3 Å². The van der Waals surface area contributed by atoms with E-state index in [9.17, 15) is 4.39 Å². The van der Waals surface area contributed by atoms with Gasteiger partial charge in [0.25, 0.3) is 0 Å². The number of aromatic nitrogens is 2. The van der Waals surface area contributed by atoms with Gasteiger partial charge in [-0.3, -0.25) is 0 Å². The van der Waals surface area contributed by atoms with Crippen LogP contribution in [0.25, 0.3) is 11.0 Å². The first-order valence-electron chi connectivity index (χ1n) is 6.61. The second-order valence-corrected chi connectivity index (χ2v) is 6.83. The molecule has 21 heavy (non-hydrogen) atoms. The van der Waals surface area contributed by atoms with Crippen molar-refractivity contribution in [1.82, 2.24) is 9.55 Å². The molecule has 0 bridgehead atoms. The third-order valence-electron chi connectivity index (χ3n) is 3.49. The quantitative estimate of drug-likeness (QED) is 0.522. The molecule has 0 fully saturated rings. The number of nitrogens with zero attached hydrogens (tertiary/aromatic N) is 2. The minimum atomic E-state index is -0.308. The fraction of sp³-hybridized carbons (Fsp3) is 0.267. The lowest BCUT2D eigenvalue weighted by atomic mass is 10.1. The van der Waals surface area contributed by atoms with Crippen molar-refractivity contribution < 1.29 is 4.39 Å². The third-order valence-corrected chi connectivity index (χ3v) is 5.31. The van der Waals surface area contributed by atoms with E-state index in [1.165, 1.54) is 10.9 Å². The molecule has 2 nitrogen and oxygen atoms in total. The molecule has 0 N–H and O–H groups in total. The van der Waals surface area contributed by atoms with Crippen molar-refractivity contribution >= 4 is 49.9 Å². The molecule has 0 saturated heterocycles. The molecule has 1 atom stereocenters. The summed E-state index contributed by atoms with van der Waals surface area (Å²) in [6, 6.07) is 7.55. The van der Waals surface area contributed by atoms with Crippen molar-refractivity contribution in [3.8, 4) is 0 Å². The first kappa shape index (κ1) is 15.0. The maximum Gasteiger partial charge on any atom is 0.139 e. The van der Waals surface area contributed by atoms with E-state index < -0.39 is 0 Å². The number of hydrogen-bond acceptors (Lipinski definition) is 2. The molecule has 6 heteroatoms. The Hall–Kier alpha value is -0.910. The van der Waals surface area contributed by atoms with E-state index in [-0.39, 0.29) is 11.9 Å². The average molecular weight is 388 g/mol. The summed E-state index contributed by atoms with van der Waals surface area (Å²) >= 11 is 11.0. The standard InChI is InChI=1S/C15H13BrClFN2S/c1-2-12(14-4-3-5-21-14)20-13-6-9(16)10(18)7-11(13)19-15(20)8-17/h3-7,12H,2,8H2,1H3. The zero-order chi connectivity index (χ0) is 15.0. The van der Waals surface area contributed by atoms with Crippen molar-refractivity contribution in [2.24, 2.45) is 0 Å². The van der Waals surface area contributed by atoms with Crippen molar-refractivity contribution in [3.05, 3.63) is 50.6 Å². The van der Waals surface area contributed by atoms with Gasteiger partial charge in [-0.2, -0.15) is 0 Å². The van der Waals surface area contributed by atoms with Gasteiger partial charge in [-0.15, -0.1) is 22.9 Å². The summed E-state index contributed by atoms with van der Waals surface area (Å²) < 4.78 is 16.3. The van der Waals surface area contributed by atoms with Crippen LogP contribution in [-0.2, 0) is 5.88 Å². The fourth-order valence-corrected chi connectivity index (χ4v) is 3.99. The van der Waals surface area contributed by atoms with Crippen LogP contribution < -0.4 is 0 Å². The number of thiophene rings is 1. The Morgan fingerprint density at radius 2 is 2.29 bits per heavy atom. The first-order valence-corrected chi connectivity index (χ1v) is 8.81. The summed E-state index contributed by atoms with van der Waals surface area (Å²) in [6.45, 7) is 2.13. The highest BCUT2D eigenvalue weighted by Gasteiger charge is 2.21. The zero-order valence-electron chi connectivity index (χ0n) is 11.3. The lowest BCUT2D eigenvalue weighted by Crippen LogP contribution is -2.11. The molecule has 0 amide bonds. The van der Waals surface area contributed by atoms with Gasteiger partial charge in [0.15, 0.2) is 0 Å². The van der Waals surface area contributed by atoms with Crippen LogP contribution in [0.5, 0.6) is 0 Å². The molecule has 0 radical (unpaired) electrons. The summed E-state index contributed by atoms with van der Waals surface area (Å²) in [5.74, 6) is 0.761. The first-order chi connectivity index (χ1) is 10.2. The summed E-state index contributed by atoms with van der Waals surface area (Å²) in [4.78, 5) is 5.74. The van der Waals surface area contributed by atoms with Crippen LogP contribution in [0, 0.1) is 5.82 Å². The number of halogens is 3. The lowest BCUT2D eigenvalue weighted by molar-refractivity contribution is 0.573. The predicted molar refractivity (Wildman–Crippen MR) is 89.7 cm³/mol. The molecule has 110 valence electrons. The second-order valence-electron chi connectivity index (χ2n) is 4.73. The molecule has 2 heterocycles. The molecule has 0 aliphatic heterocycles. The van der Waals surface area contributed by atoms with Gasteiger partial charge >= 0.3 is 0 Å². The largest absolute Gasteiger partial charge is 0.318 e. The van der Waals surface area contributed by atoms with Crippen molar-refractivity contribution in [3.63, 3.8) is 0 Å². The van der Waals surface area contributed by atoms with Crippen molar-refractivity contribution in [2.75, 3.05) is 0 Å². The number of fused-ring (bicyclic) bond motifs is 1. The Morgan fingerprint density at radius 1 is 1.48 bits per heavy atom. The molecule has 0 saturated carbocycles.